The minimum atomic E-state index is 0. The van der Waals surface area contributed by atoms with Crippen LogP contribution in [0.15, 0.2) is 0 Å². The van der Waals surface area contributed by atoms with Gasteiger partial charge < -0.3 is 10.2 Å². The summed E-state index contributed by atoms with van der Waals surface area (Å²) in [6.07, 6.45) is 2.10. The molecule has 3 rings (SSSR count). The Kier molecular flexibility index (Phi) is 6.95. The molecule has 6 nitrogen and oxygen atoms in total. The van der Waals surface area contributed by atoms with Crippen molar-refractivity contribution in [1.82, 2.24) is 25.2 Å². The zero-order valence-corrected chi connectivity index (χ0v) is 16.3. The van der Waals surface area contributed by atoms with Crippen LogP contribution < -0.4 is 5.32 Å². The van der Waals surface area contributed by atoms with E-state index in [0.29, 0.717) is 22.9 Å². The number of halogens is 1. The van der Waals surface area contributed by atoms with Crippen molar-refractivity contribution in [2.75, 3.05) is 31.9 Å². The summed E-state index contributed by atoms with van der Waals surface area (Å²) < 4.78 is 1.96. The Morgan fingerprint density at radius 2 is 2.04 bits per heavy atom. The van der Waals surface area contributed by atoms with Gasteiger partial charge >= 0.3 is 0 Å². The quantitative estimate of drug-likeness (QED) is 0.879. The monoisotopic (exact) mass is 373 g/mol. The van der Waals surface area contributed by atoms with Crippen molar-refractivity contribution in [1.29, 1.82) is 0 Å². The number of carbonyl (C=O) groups excluding carboxylic acids is 1. The predicted octanol–water partition coefficient (Wildman–Crippen LogP) is 2.15. The van der Waals surface area contributed by atoms with Crippen LogP contribution in [0, 0.1) is 12.8 Å². The summed E-state index contributed by atoms with van der Waals surface area (Å²) in [6.45, 7) is 10.1. The first-order chi connectivity index (χ1) is 11.1. The molecule has 1 amide bonds. The summed E-state index contributed by atoms with van der Waals surface area (Å²) in [5.41, 5.74) is 1.46. The Bertz CT molecular complexity index is 559. The molecule has 24 heavy (non-hydrogen) atoms. The fourth-order valence-corrected chi connectivity index (χ4v) is 4.65. The smallest absolute Gasteiger partial charge is 0.276 e. The van der Waals surface area contributed by atoms with Crippen LogP contribution in [-0.4, -0.2) is 63.0 Å². The molecule has 2 aliphatic rings. The molecule has 0 saturated carbocycles. The molecule has 0 aromatic carbocycles. The SMILES string of the molecule is Cc1c(C(=O)N2CCSC(C(C)C)C2)nnn1C1CCNCC1.Cl. The molecule has 2 aliphatic heterocycles. The number of piperidine rings is 1. The second kappa shape index (κ2) is 8.54. The maximum atomic E-state index is 12.9. The maximum Gasteiger partial charge on any atom is 0.276 e. The second-order valence-electron chi connectivity index (χ2n) is 6.85. The van der Waals surface area contributed by atoms with Crippen molar-refractivity contribution in [3.05, 3.63) is 11.4 Å². The molecule has 8 heteroatoms. The second-order valence-corrected chi connectivity index (χ2v) is 8.20. The number of carbonyl (C=O) groups is 1. The largest absolute Gasteiger partial charge is 0.335 e. The van der Waals surface area contributed by atoms with E-state index in [2.05, 4.69) is 29.5 Å². The van der Waals surface area contributed by atoms with Gasteiger partial charge in [0.2, 0.25) is 0 Å². The maximum absolute atomic E-state index is 12.9. The Morgan fingerprint density at radius 1 is 1.33 bits per heavy atom. The van der Waals surface area contributed by atoms with E-state index in [1.54, 1.807) is 0 Å². The highest BCUT2D eigenvalue weighted by Crippen LogP contribution is 2.26. The van der Waals surface area contributed by atoms with Crippen LogP contribution in [0.4, 0.5) is 0 Å². The first kappa shape index (κ1) is 19.5. The van der Waals surface area contributed by atoms with Crippen LogP contribution in [0.25, 0.3) is 0 Å². The molecular weight excluding hydrogens is 346 g/mol. The molecule has 1 aromatic heterocycles. The van der Waals surface area contributed by atoms with Crippen LogP contribution in [-0.2, 0) is 0 Å². The third kappa shape index (κ3) is 4.06. The number of thioether (sulfide) groups is 1. The van der Waals surface area contributed by atoms with Gasteiger partial charge in [0, 0.05) is 24.1 Å². The average Bonchev–Trinajstić information content (AvgIpc) is 2.96. The van der Waals surface area contributed by atoms with Gasteiger partial charge in [0.05, 0.1) is 11.7 Å². The van der Waals surface area contributed by atoms with Gasteiger partial charge in [-0.3, -0.25) is 4.79 Å². The molecular formula is C16H28ClN5OS. The summed E-state index contributed by atoms with van der Waals surface area (Å²) in [5, 5.41) is 12.4. The minimum Gasteiger partial charge on any atom is -0.335 e. The number of aromatic nitrogens is 3. The molecule has 2 fully saturated rings. The topological polar surface area (TPSA) is 63.1 Å². The van der Waals surface area contributed by atoms with Gasteiger partial charge in [0.1, 0.15) is 0 Å². The summed E-state index contributed by atoms with van der Waals surface area (Å²) in [4.78, 5) is 14.8. The van der Waals surface area contributed by atoms with Gasteiger partial charge in [-0.15, -0.1) is 17.5 Å². The number of hydrogen-bond acceptors (Lipinski definition) is 5. The van der Waals surface area contributed by atoms with Crippen molar-refractivity contribution >= 4 is 30.1 Å². The molecule has 2 saturated heterocycles. The van der Waals surface area contributed by atoms with E-state index < -0.39 is 0 Å². The minimum absolute atomic E-state index is 0. The number of nitrogens with one attached hydrogen (secondary N) is 1. The van der Waals surface area contributed by atoms with Crippen LogP contribution in [0.2, 0.25) is 0 Å². The normalized spacial score (nSPS) is 22.5. The van der Waals surface area contributed by atoms with E-state index in [1.807, 2.05) is 28.3 Å². The Balaban J connectivity index is 0.00000208. The first-order valence-corrected chi connectivity index (χ1v) is 9.66. The van der Waals surface area contributed by atoms with Gasteiger partial charge in [0.15, 0.2) is 5.69 Å². The van der Waals surface area contributed by atoms with E-state index in [1.165, 1.54) is 0 Å². The molecule has 0 aliphatic carbocycles. The predicted molar refractivity (Wildman–Crippen MR) is 100 cm³/mol. The van der Waals surface area contributed by atoms with E-state index in [4.69, 9.17) is 0 Å². The lowest BCUT2D eigenvalue weighted by atomic mass is 10.1. The Morgan fingerprint density at radius 3 is 2.71 bits per heavy atom. The van der Waals surface area contributed by atoms with Crippen LogP contribution >= 0.6 is 24.2 Å². The van der Waals surface area contributed by atoms with E-state index >= 15 is 0 Å². The van der Waals surface area contributed by atoms with E-state index in [9.17, 15) is 4.79 Å². The third-order valence-electron chi connectivity index (χ3n) is 4.91. The van der Waals surface area contributed by atoms with Crippen molar-refractivity contribution in [3.63, 3.8) is 0 Å². The first-order valence-electron chi connectivity index (χ1n) is 8.61. The zero-order valence-electron chi connectivity index (χ0n) is 14.7. The zero-order chi connectivity index (χ0) is 16.4. The van der Waals surface area contributed by atoms with Crippen LogP contribution in [0.5, 0.6) is 0 Å². The lowest BCUT2D eigenvalue weighted by Crippen LogP contribution is -2.43. The summed E-state index contributed by atoms with van der Waals surface area (Å²) in [5.74, 6) is 1.64. The molecule has 1 N–H and O–H groups in total. The van der Waals surface area contributed by atoms with Crippen LogP contribution in [0.3, 0.4) is 0 Å². The van der Waals surface area contributed by atoms with Gasteiger partial charge in [-0.2, -0.15) is 11.8 Å². The fraction of sp³-hybridized carbons (Fsp3) is 0.812. The molecule has 0 spiro atoms. The number of nitrogens with zero attached hydrogens (tertiary/aromatic N) is 4. The number of amides is 1. The highest BCUT2D eigenvalue weighted by atomic mass is 35.5. The van der Waals surface area contributed by atoms with Gasteiger partial charge in [-0.1, -0.05) is 19.1 Å². The highest BCUT2D eigenvalue weighted by Gasteiger charge is 2.30. The molecule has 1 atom stereocenters. The molecule has 0 radical (unpaired) electrons. The Hall–Kier alpha value is -0.790. The van der Waals surface area contributed by atoms with Gasteiger partial charge in [-0.25, -0.2) is 4.68 Å². The number of rotatable bonds is 3. The lowest BCUT2D eigenvalue weighted by molar-refractivity contribution is 0.0749. The van der Waals surface area contributed by atoms with Crippen LogP contribution in [0.1, 0.15) is 48.9 Å². The molecule has 3 heterocycles. The standard InChI is InChI=1S/C16H27N5OS.ClH/c1-11(2)14-10-20(8-9-23-14)16(22)15-12(3)21(19-18-15)13-4-6-17-7-5-13;/h11,13-14,17H,4-10H2,1-3H3;1H. The molecule has 136 valence electrons. The summed E-state index contributed by atoms with van der Waals surface area (Å²) in [7, 11) is 0. The highest BCUT2D eigenvalue weighted by molar-refractivity contribution is 8.00. The van der Waals surface area contributed by atoms with Gasteiger partial charge in [-0.05, 0) is 38.8 Å². The molecule has 0 bridgehead atoms. The average molecular weight is 374 g/mol. The summed E-state index contributed by atoms with van der Waals surface area (Å²) >= 11 is 1.98. The van der Waals surface area contributed by atoms with E-state index in [-0.39, 0.29) is 18.3 Å². The van der Waals surface area contributed by atoms with Crippen molar-refractivity contribution in [2.24, 2.45) is 5.92 Å². The van der Waals surface area contributed by atoms with Crippen molar-refractivity contribution < 1.29 is 4.79 Å². The molecule has 1 aromatic rings. The fourth-order valence-electron chi connectivity index (χ4n) is 3.35. The summed E-state index contributed by atoms with van der Waals surface area (Å²) in [6, 6.07) is 0.366. The number of hydrogen-bond donors (Lipinski definition) is 1. The lowest BCUT2D eigenvalue weighted by Gasteiger charge is -2.34. The Labute approximate surface area is 154 Å². The van der Waals surface area contributed by atoms with Crippen molar-refractivity contribution in [3.8, 4) is 0 Å². The van der Waals surface area contributed by atoms with Gasteiger partial charge in [0.25, 0.3) is 5.91 Å². The molecule has 1 unspecified atom stereocenters. The van der Waals surface area contributed by atoms with Crippen molar-refractivity contribution in [2.45, 2.75) is 44.9 Å². The van der Waals surface area contributed by atoms with E-state index in [0.717, 1.165) is 50.5 Å². The third-order valence-corrected chi connectivity index (χ3v) is 6.45.